The van der Waals surface area contributed by atoms with Crippen LogP contribution in [0.3, 0.4) is 0 Å². The number of hydrogen-bond donors (Lipinski definition) is 0. The van der Waals surface area contributed by atoms with Crippen molar-refractivity contribution < 1.29 is 31.1 Å². The molecule has 0 N–H and O–H groups in total. The van der Waals surface area contributed by atoms with Gasteiger partial charge >= 0.3 is 6.36 Å². The topological polar surface area (TPSA) is 9.23 Å². The van der Waals surface area contributed by atoms with Crippen LogP contribution < -0.4 is 4.74 Å². The van der Waals surface area contributed by atoms with Crippen molar-refractivity contribution in [2.45, 2.75) is 6.36 Å². The maximum atomic E-state index is 12.5. The van der Waals surface area contributed by atoms with Crippen LogP contribution in [0.1, 0.15) is 0 Å². The lowest BCUT2D eigenvalue weighted by Gasteiger charge is -2.10. The van der Waals surface area contributed by atoms with Crippen molar-refractivity contribution in [1.82, 2.24) is 0 Å². The quantitative estimate of drug-likeness (QED) is 0.517. The average molecular weight is 215 g/mol. The highest BCUT2D eigenvalue weighted by Crippen LogP contribution is 2.29. The zero-order valence-electron chi connectivity index (χ0n) is 6.25. The van der Waals surface area contributed by atoms with E-state index in [0.29, 0.717) is 0 Å². The van der Waals surface area contributed by atoms with E-state index < -0.39 is 29.6 Å². The summed E-state index contributed by atoms with van der Waals surface area (Å²) in [6.07, 6.45) is -5.28. The predicted octanol–water partition coefficient (Wildman–Crippen LogP) is 2.80. The zero-order valence-corrected chi connectivity index (χ0v) is 6.25. The number of hydrogen-bond acceptors (Lipinski definition) is 1. The van der Waals surface area contributed by atoms with E-state index in [-0.39, 0.29) is 6.07 Å². The summed E-state index contributed by atoms with van der Waals surface area (Å²) in [4.78, 5) is 0. The lowest BCUT2D eigenvalue weighted by Crippen LogP contribution is -2.19. The second-order valence-corrected chi connectivity index (χ2v) is 2.14. The molecule has 0 atom stereocenters. The molecule has 77 valence electrons. The Morgan fingerprint density at radius 1 is 1.14 bits per heavy atom. The summed E-state index contributed by atoms with van der Waals surface area (Å²) in [7, 11) is 0. The SMILES string of the molecule is Fc1[c]cc(F)c(OC(F)(F)F)c1F. The molecule has 0 saturated heterocycles. The van der Waals surface area contributed by atoms with Crippen LogP contribution in [0.4, 0.5) is 26.3 Å². The molecule has 0 unspecified atom stereocenters. The minimum absolute atomic E-state index is 0.208. The van der Waals surface area contributed by atoms with Crippen molar-refractivity contribution in [3.8, 4) is 5.75 Å². The molecule has 0 saturated carbocycles. The van der Waals surface area contributed by atoms with Gasteiger partial charge in [0.15, 0.2) is 11.6 Å². The van der Waals surface area contributed by atoms with Gasteiger partial charge in [-0.05, 0) is 6.07 Å². The molecule has 0 aliphatic rings. The number of alkyl halides is 3. The molecule has 0 bridgehead atoms. The summed E-state index contributed by atoms with van der Waals surface area (Å²) in [5.74, 6) is -7.32. The molecule has 0 fully saturated rings. The normalized spacial score (nSPS) is 11.6. The molecule has 1 aromatic carbocycles. The fourth-order valence-electron chi connectivity index (χ4n) is 0.669. The maximum absolute atomic E-state index is 12.5. The summed E-state index contributed by atoms with van der Waals surface area (Å²) < 4.78 is 74.9. The molecular weight excluding hydrogens is 214 g/mol. The summed E-state index contributed by atoms with van der Waals surface area (Å²) in [5.41, 5.74) is 0. The van der Waals surface area contributed by atoms with E-state index in [0.717, 1.165) is 0 Å². The van der Waals surface area contributed by atoms with E-state index in [2.05, 4.69) is 4.74 Å². The summed E-state index contributed by atoms with van der Waals surface area (Å²) in [6.45, 7) is 0. The lowest BCUT2D eigenvalue weighted by molar-refractivity contribution is -0.276. The molecule has 14 heavy (non-hydrogen) atoms. The Balaban J connectivity index is 3.13. The Morgan fingerprint density at radius 2 is 1.71 bits per heavy atom. The second-order valence-electron chi connectivity index (χ2n) is 2.14. The average Bonchev–Trinajstić information content (AvgIpc) is 2.04. The van der Waals surface area contributed by atoms with Gasteiger partial charge in [0.2, 0.25) is 11.6 Å². The Morgan fingerprint density at radius 3 is 2.21 bits per heavy atom. The molecule has 1 nitrogen and oxygen atoms in total. The monoisotopic (exact) mass is 215 g/mol. The Hall–Kier alpha value is -1.40. The third kappa shape index (κ3) is 2.30. The van der Waals surface area contributed by atoms with Crippen LogP contribution in [0.2, 0.25) is 0 Å². The van der Waals surface area contributed by atoms with E-state index in [1.165, 1.54) is 6.07 Å². The van der Waals surface area contributed by atoms with Gasteiger partial charge in [-0.1, -0.05) is 0 Å². The number of ether oxygens (including phenoxy) is 1. The number of rotatable bonds is 1. The molecule has 0 heterocycles. The van der Waals surface area contributed by atoms with Crippen molar-refractivity contribution in [3.05, 3.63) is 29.6 Å². The van der Waals surface area contributed by atoms with Crippen LogP contribution in [0.15, 0.2) is 6.07 Å². The van der Waals surface area contributed by atoms with Gasteiger partial charge < -0.3 is 4.74 Å². The molecule has 7 heteroatoms. The molecule has 0 amide bonds. The van der Waals surface area contributed by atoms with Gasteiger partial charge in [-0.2, -0.15) is 4.39 Å². The molecule has 0 aliphatic heterocycles. The van der Waals surface area contributed by atoms with Gasteiger partial charge in [-0.25, -0.2) is 8.78 Å². The molecular formula is C7HF6O. The van der Waals surface area contributed by atoms with E-state index in [4.69, 9.17) is 0 Å². The van der Waals surface area contributed by atoms with Gasteiger partial charge in [0.05, 0.1) is 0 Å². The Labute approximate surface area is 73.9 Å². The third-order valence-corrected chi connectivity index (χ3v) is 1.15. The fourth-order valence-corrected chi connectivity index (χ4v) is 0.669. The van der Waals surface area contributed by atoms with Gasteiger partial charge in [0.1, 0.15) is 0 Å². The van der Waals surface area contributed by atoms with Crippen LogP contribution in [-0.2, 0) is 0 Å². The summed E-state index contributed by atoms with van der Waals surface area (Å²) in [5, 5.41) is 0. The number of halogens is 6. The third-order valence-electron chi connectivity index (χ3n) is 1.15. The molecule has 0 spiro atoms. The summed E-state index contributed by atoms with van der Waals surface area (Å²) in [6, 6.07) is 1.64. The van der Waals surface area contributed by atoms with Crippen LogP contribution in [0, 0.1) is 23.5 Å². The standard InChI is InChI=1S/C7HF6O/c8-3-1-2-4(9)6(5(3)10)14-7(11,12)13/h2H. The number of benzene rings is 1. The highest BCUT2D eigenvalue weighted by atomic mass is 19.4. The first kappa shape index (κ1) is 10.7. The van der Waals surface area contributed by atoms with Gasteiger partial charge in [0.25, 0.3) is 0 Å². The highest BCUT2D eigenvalue weighted by Gasteiger charge is 2.34. The van der Waals surface area contributed by atoms with E-state index in [1.54, 1.807) is 0 Å². The molecule has 1 radical (unpaired) electrons. The fraction of sp³-hybridized carbons (Fsp3) is 0.143. The first-order valence-corrected chi connectivity index (χ1v) is 3.12. The van der Waals surface area contributed by atoms with Crippen LogP contribution in [-0.4, -0.2) is 6.36 Å². The molecule has 0 aromatic heterocycles. The predicted molar refractivity (Wildman–Crippen MR) is 31.8 cm³/mol. The summed E-state index contributed by atoms with van der Waals surface area (Å²) >= 11 is 0. The second kappa shape index (κ2) is 3.39. The minimum atomic E-state index is -5.28. The maximum Gasteiger partial charge on any atom is 0.573 e. The van der Waals surface area contributed by atoms with Gasteiger partial charge in [-0.3, -0.25) is 0 Å². The van der Waals surface area contributed by atoms with Gasteiger partial charge in [-0.15, -0.1) is 13.2 Å². The van der Waals surface area contributed by atoms with Crippen LogP contribution in [0.5, 0.6) is 5.75 Å². The van der Waals surface area contributed by atoms with Crippen LogP contribution >= 0.6 is 0 Å². The first-order chi connectivity index (χ1) is 6.31. The van der Waals surface area contributed by atoms with E-state index >= 15 is 0 Å². The smallest absolute Gasteiger partial charge is 0.399 e. The minimum Gasteiger partial charge on any atom is -0.399 e. The molecule has 1 rings (SSSR count). The van der Waals surface area contributed by atoms with Gasteiger partial charge in [0, 0.05) is 6.07 Å². The van der Waals surface area contributed by atoms with Crippen molar-refractivity contribution >= 4 is 0 Å². The van der Waals surface area contributed by atoms with E-state index in [1.807, 2.05) is 0 Å². The van der Waals surface area contributed by atoms with E-state index in [9.17, 15) is 26.3 Å². The largest absolute Gasteiger partial charge is 0.573 e. The van der Waals surface area contributed by atoms with Crippen molar-refractivity contribution in [2.75, 3.05) is 0 Å². The van der Waals surface area contributed by atoms with Crippen LogP contribution in [0.25, 0.3) is 0 Å². The Kier molecular flexibility index (Phi) is 2.59. The zero-order chi connectivity index (χ0) is 10.9. The van der Waals surface area contributed by atoms with Crippen molar-refractivity contribution in [3.63, 3.8) is 0 Å². The Bertz CT molecular complexity index is 345. The van der Waals surface area contributed by atoms with Crippen molar-refractivity contribution in [1.29, 1.82) is 0 Å². The first-order valence-electron chi connectivity index (χ1n) is 3.12. The lowest BCUT2D eigenvalue weighted by atomic mass is 10.3. The molecule has 0 aliphatic carbocycles. The molecule has 1 aromatic rings. The van der Waals surface area contributed by atoms with Crippen molar-refractivity contribution in [2.24, 2.45) is 0 Å². The highest BCUT2D eigenvalue weighted by molar-refractivity contribution is 5.26.